The molecule has 0 saturated carbocycles. The van der Waals surface area contributed by atoms with Crippen LogP contribution in [0.5, 0.6) is 0 Å². The molecule has 0 aliphatic rings. The molecule has 1 heterocycles. The lowest BCUT2D eigenvalue weighted by Gasteiger charge is -1.97. The molecular weight excluding hydrogens is 140 g/mol. The molecule has 0 aliphatic heterocycles. The zero-order valence-corrected chi connectivity index (χ0v) is 5.70. The Morgan fingerprint density at radius 2 is 2.45 bits per heavy atom. The van der Waals surface area contributed by atoms with E-state index in [-0.39, 0.29) is 5.82 Å². The second-order valence-electron chi connectivity index (χ2n) is 1.91. The van der Waals surface area contributed by atoms with E-state index in [1.165, 1.54) is 12.3 Å². The van der Waals surface area contributed by atoms with Crippen LogP contribution in [0.2, 0.25) is 0 Å². The monoisotopic (exact) mass is 146 g/mol. The van der Waals surface area contributed by atoms with Crippen LogP contribution in [0, 0.1) is 16.7 Å². The average molecular weight is 146 g/mol. The van der Waals surface area contributed by atoms with E-state index in [1.54, 1.807) is 0 Å². The second-order valence-corrected chi connectivity index (χ2v) is 1.91. The Balaban J connectivity index is 3.38. The predicted molar refractivity (Wildman–Crippen MR) is 41.3 cm³/mol. The number of nitrogens with zero attached hydrogens (tertiary/aromatic N) is 2. The van der Waals surface area contributed by atoms with E-state index < -0.39 is 0 Å². The van der Waals surface area contributed by atoms with Gasteiger partial charge in [-0.05, 0) is 6.07 Å². The Labute approximate surface area is 63.8 Å². The first-order chi connectivity index (χ1) is 5.29. The third-order valence-electron chi connectivity index (χ3n) is 1.29. The zero-order chi connectivity index (χ0) is 8.27. The number of nitrogens with one attached hydrogen (secondary N) is 1. The van der Waals surface area contributed by atoms with Gasteiger partial charge in [0.05, 0.1) is 11.1 Å². The van der Waals surface area contributed by atoms with Crippen LogP contribution in [-0.4, -0.2) is 11.2 Å². The van der Waals surface area contributed by atoms with Crippen molar-refractivity contribution >= 4 is 12.0 Å². The molecular formula is C7H6N4. The highest BCUT2D eigenvalue weighted by atomic mass is 14.8. The maximum atomic E-state index is 8.54. The minimum Gasteiger partial charge on any atom is -0.383 e. The van der Waals surface area contributed by atoms with Gasteiger partial charge in [-0.1, -0.05) is 0 Å². The minimum atomic E-state index is 0.221. The quantitative estimate of drug-likeness (QED) is 0.566. The molecule has 0 spiro atoms. The molecule has 0 amide bonds. The van der Waals surface area contributed by atoms with Crippen LogP contribution in [0.3, 0.4) is 0 Å². The third-order valence-corrected chi connectivity index (χ3v) is 1.29. The molecule has 0 aliphatic carbocycles. The fourth-order valence-electron chi connectivity index (χ4n) is 0.739. The van der Waals surface area contributed by atoms with E-state index in [2.05, 4.69) is 4.98 Å². The molecule has 4 nitrogen and oxygen atoms in total. The van der Waals surface area contributed by atoms with Crippen molar-refractivity contribution in [1.82, 2.24) is 4.98 Å². The van der Waals surface area contributed by atoms with Gasteiger partial charge in [-0.3, -0.25) is 0 Å². The maximum Gasteiger partial charge on any atom is 0.133 e. The molecule has 0 aromatic carbocycles. The summed E-state index contributed by atoms with van der Waals surface area (Å²) < 4.78 is 0. The van der Waals surface area contributed by atoms with Gasteiger partial charge in [0, 0.05) is 12.4 Å². The van der Waals surface area contributed by atoms with Crippen molar-refractivity contribution in [3.63, 3.8) is 0 Å². The van der Waals surface area contributed by atoms with Gasteiger partial charge < -0.3 is 11.1 Å². The van der Waals surface area contributed by atoms with Gasteiger partial charge in [0.1, 0.15) is 11.9 Å². The summed E-state index contributed by atoms with van der Waals surface area (Å²) in [5, 5.41) is 15.5. The lowest BCUT2D eigenvalue weighted by molar-refractivity contribution is 1.30. The molecule has 0 atom stereocenters. The van der Waals surface area contributed by atoms with Gasteiger partial charge in [0.25, 0.3) is 0 Å². The number of nitrogens with two attached hydrogens (primary N) is 1. The highest BCUT2D eigenvalue weighted by Crippen LogP contribution is 2.09. The first kappa shape index (κ1) is 7.22. The van der Waals surface area contributed by atoms with Gasteiger partial charge in [0.2, 0.25) is 0 Å². The Morgan fingerprint density at radius 1 is 1.73 bits per heavy atom. The van der Waals surface area contributed by atoms with Crippen molar-refractivity contribution in [1.29, 1.82) is 10.7 Å². The van der Waals surface area contributed by atoms with Crippen molar-refractivity contribution in [2.24, 2.45) is 0 Å². The SMILES string of the molecule is N#Cc1ccnc(N)c1C=N. The number of aromatic nitrogens is 1. The summed E-state index contributed by atoms with van der Waals surface area (Å²) in [5.41, 5.74) is 6.16. The van der Waals surface area contributed by atoms with Gasteiger partial charge in [-0.2, -0.15) is 5.26 Å². The van der Waals surface area contributed by atoms with Crippen molar-refractivity contribution in [2.75, 3.05) is 5.73 Å². The smallest absolute Gasteiger partial charge is 0.133 e. The summed E-state index contributed by atoms with van der Waals surface area (Å²) in [6.45, 7) is 0. The standard InChI is InChI=1S/C7H6N4/c8-3-5-1-2-11-7(10)6(5)4-9/h1-2,4,9H,(H2,10,11). The van der Waals surface area contributed by atoms with Gasteiger partial charge in [-0.25, -0.2) is 4.98 Å². The van der Waals surface area contributed by atoms with Crippen molar-refractivity contribution in [3.05, 3.63) is 23.4 Å². The Hall–Kier alpha value is -1.89. The van der Waals surface area contributed by atoms with Crippen LogP contribution >= 0.6 is 0 Å². The molecule has 4 heteroatoms. The molecule has 0 bridgehead atoms. The molecule has 0 unspecified atom stereocenters. The van der Waals surface area contributed by atoms with Crippen LogP contribution < -0.4 is 5.73 Å². The van der Waals surface area contributed by atoms with E-state index in [4.69, 9.17) is 16.4 Å². The van der Waals surface area contributed by atoms with E-state index in [1.807, 2.05) is 6.07 Å². The molecule has 0 saturated heterocycles. The van der Waals surface area contributed by atoms with E-state index in [9.17, 15) is 0 Å². The summed E-state index contributed by atoms with van der Waals surface area (Å²) in [7, 11) is 0. The number of pyridine rings is 1. The maximum absolute atomic E-state index is 8.54. The molecule has 1 rings (SSSR count). The Bertz CT molecular complexity index is 324. The van der Waals surface area contributed by atoms with Crippen LogP contribution in [0.4, 0.5) is 5.82 Å². The first-order valence-electron chi connectivity index (χ1n) is 2.94. The van der Waals surface area contributed by atoms with E-state index in [0.29, 0.717) is 11.1 Å². The third kappa shape index (κ3) is 1.17. The average Bonchev–Trinajstić information content (AvgIpc) is 2.04. The zero-order valence-electron chi connectivity index (χ0n) is 5.70. The summed E-state index contributed by atoms with van der Waals surface area (Å²) in [6, 6.07) is 3.44. The number of nitriles is 1. The predicted octanol–water partition coefficient (Wildman–Crippen LogP) is 0.533. The summed E-state index contributed by atoms with van der Waals surface area (Å²) in [5.74, 6) is 0.221. The van der Waals surface area contributed by atoms with E-state index >= 15 is 0 Å². The van der Waals surface area contributed by atoms with Gasteiger partial charge >= 0.3 is 0 Å². The summed E-state index contributed by atoms with van der Waals surface area (Å²) in [6.07, 6.45) is 2.47. The lowest BCUT2D eigenvalue weighted by Crippen LogP contribution is -1.98. The van der Waals surface area contributed by atoms with Crippen LogP contribution in [0.15, 0.2) is 12.3 Å². The number of hydrogen-bond acceptors (Lipinski definition) is 4. The van der Waals surface area contributed by atoms with Crippen LogP contribution in [0.1, 0.15) is 11.1 Å². The number of anilines is 1. The molecule has 3 N–H and O–H groups in total. The van der Waals surface area contributed by atoms with Crippen molar-refractivity contribution in [2.45, 2.75) is 0 Å². The fourth-order valence-corrected chi connectivity index (χ4v) is 0.739. The van der Waals surface area contributed by atoms with Crippen molar-refractivity contribution < 1.29 is 0 Å². The van der Waals surface area contributed by atoms with E-state index in [0.717, 1.165) is 6.21 Å². The number of hydrogen-bond donors (Lipinski definition) is 2. The van der Waals surface area contributed by atoms with Crippen LogP contribution in [-0.2, 0) is 0 Å². The molecule has 1 aromatic heterocycles. The molecule has 0 radical (unpaired) electrons. The summed E-state index contributed by atoms with van der Waals surface area (Å²) in [4.78, 5) is 3.73. The molecule has 11 heavy (non-hydrogen) atoms. The lowest BCUT2D eigenvalue weighted by atomic mass is 10.1. The number of nitrogen functional groups attached to an aromatic ring is 1. The highest BCUT2D eigenvalue weighted by molar-refractivity contribution is 5.86. The van der Waals surface area contributed by atoms with Crippen molar-refractivity contribution in [3.8, 4) is 6.07 Å². The minimum absolute atomic E-state index is 0.221. The molecule has 1 aromatic rings. The first-order valence-corrected chi connectivity index (χ1v) is 2.94. The van der Waals surface area contributed by atoms with Gasteiger partial charge in [0.15, 0.2) is 0 Å². The molecule has 0 fully saturated rings. The summed E-state index contributed by atoms with van der Waals surface area (Å²) >= 11 is 0. The fraction of sp³-hybridized carbons (Fsp3) is 0. The van der Waals surface area contributed by atoms with Crippen LogP contribution in [0.25, 0.3) is 0 Å². The normalized spacial score (nSPS) is 8.64. The number of rotatable bonds is 1. The second kappa shape index (κ2) is 2.80. The highest BCUT2D eigenvalue weighted by Gasteiger charge is 2.02. The largest absolute Gasteiger partial charge is 0.383 e. The Kier molecular flexibility index (Phi) is 1.83. The van der Waals surface area contributed by atoms with Gasteiger partial charge in [-0.15, -0.1) is 0 Å². The topological polar surface area (TPSA) is 86.6 Å². The Morgan fingerprint density at radius 3 is 2.91 bits per heavy atom. The molecule has 54 valence electrons.